The third-order valence-electron chi connectivity index (χ3n) is 4.24. The van der Waals surface area contributed by atoms with Crippen molar-refractivity contribution >= 4 is 11.4 Å². The molecule has 0 saturated carbocycles. The molecule has 6 heteroatoms. The lowest BCUT2D eigenvalue weighted by molar-refractivity contribution is -0.384. The van der Waals surface area contributed by atoms with Crippen LogP contribution in [0.15, 0.2) is 18.2 Å². The first kappa shape index (κ1) is 12.9. The molecule has 2 unspecified atom stereocenters. The predicted octanol–water partition coefficient (Wildman–Crippen LogP) is 1.65. The maximum Gasteiger partial charge on any atom is 0.293 e. The Morgan fingerprint density at radius 3 is 3.00 bits per heavy atom. The Bertz CT molecular complexity index is 567. The summed E-state index contributed by atoms with van der Waals surface area (Å²) in [7, 11) is 0. The number of hydrogen-bond acceptors (Lipinski definition) is 5. The Hall–Kier alpha value is -2.13. The number of nitrogens with one attached hydrogen (secondary N) is 1. The molecule has 0 amide bonds. The normalized spacial score (nSPS) is 25.1. The molecule has 104 valence electrons. The zero-order valence-electron chi connectivity index (χ0n) is 11.1. The Balaban J connectivity index is 1.90. The summed E-state index contributed by atoms with van der Waals surface area (Å²) >= 11 is 0. The number of rotatable bonds is 2. The van der Waals surface area contributed by atoms with Crippen molar-refractivity contribution in [3.05, 3.63) is 33.9 Å². The summed E-state index contributed by atoms with van der Waals surface area (Å²) in [5, 5.41) is 23.6. The lowest BCUT2D eigenvalue weighted by Crippen LogP contribution is -2.40. The molecular formula is C14H16N4O2. The van der Waals surface area contributed by atoms with Gasteiger partial charge in [0, 0.05) is 25.2 Å². The SMILES string of the molecule is N#Cc1ccc(N2CC3CCCNC3C2)c([N+](=O)[O-])c1. The highest BCUT2D eigenvalue weighted by molar-refractivity contribution is 5.66. The van der Waals surface area contributed by atoms with E-state index in [4.69, 9.17) is 5.26 Å². The van der Waals surface area contributed by atoms with E-state index >= 15 is 0 Å². The molecule has 0 aromatic heterocycles. The zero-order valence-corrected chi connectivity index (χ0v) is 11.1. The molecule has 2 saturated heterocycles. The van der Waals surface area contributed by atoms with Gasteiger partial charge in [-0.1, -0.05) is 0 Å². The van der Waals surface area contributed by atoms with Gasteiger partial charge in [0.2, 0.25) is 0 Å². The third-order valence-corrected chi connectivity index (χ3v) is 4.24. The van der Waals surface area contributed by atoms with Crippen molar-refractivity contribution in [2.45, 2.75) is 18.9 Å². The molecule has 2 heterocycles. The van der Waals surface area contributed by atoms with Gasteiger partial charge < -0.3 is 10.2 Å². The maximum atomic E-state index is 11.2. The van der Waals surface area contributed by atoms with E-state index in [1.807, 2.05) is 6.07 Å². The topological polar surface area (TPSA) is 82.2 Å². The van der Waals surface area contributed by atoms with Gasteiger partial charge in [0.1, 0.15) is 5.69 Å². The van der Waals surface area contributed by atoms with E-state index in [2.05, 4.69) is 10.2 Å². The first-order chi connectivity index (χ1) is 9.69. The minimum absolute atomic E-state index is 0.0303. The Kier molecular flexibility index (Phi) is 3.28. The number of hydrogen-bond donors (Lipinski definition) is 1. The molecule has 1 N–H and O–H groups in total. The van der Waals surface area contributed by atoms with Crippen LogP contribution in [-0.2, 0) is 0 Å². The van der Waals surface area contributed by atoms with Crippen LogP contribution in [0.3, 0.4) is 0 Å². The van der Waals surface area contributed by atoms with Crippen molar-refractivity contribution < 1.29 is 4.92 Å². The summed E-state index contributed by atoms with van der Waals surface area (Å²) in [6.07, 6.45) is 2.35. The average Bonchev–Trinajstić information content (AvgIpc) is 2.90. The molecule has 2 fully saturated rings. The number of benzene rings is 1. The Labute approximate surface area is 117 Å². The summed E-state index contributed by atoms with van der Waals surface area (Å²) in [5.41, 5.74) is 0.989. The highest BCUT2D eigenvalue weighted by Gasteiger charge is 2.36. The highest BCUT2D eigenvalue weighted by Crippen LogP contribution is 2.35. The maximum absolute atomic E-state index is 11.2. The molecule has 2 aliphatic rings. The van der Waals surface area contributed by atoms with Crippen molar-refractivity contribution in [2.75, 3.05) is 24.5 Å². The summed E-state index contributed by atoms with van der Waals surface area (Å²) in [6.45, 7) is 2.69. The van der Waals surface area contributed by atoms with E-state index in [0.29, 0.717) is 23.2 Å². The van der Waals surface area contributed by atoms with Crippen molar-refractivity contribution in [3.8, 4) is 6.07 Å². The second-order valence-electron chi connectivity index (χ2n) is 5.44. The summed E-state index contributed by atoms with van der Waals surface area (Å²) in [5.74, 6) is 0.569. The number of anilines is 1. The van der Waals surface area contributed by atoms with Crippen molar-refractivity contribution in [1.82, 2.24) is 5.32 Å². The van der Waals surface area contributed by atoms with Crippen LogP contribution in [0.4, 0.5) is 11.4 Å². The van der Waals surface area contributed by atoms with Crippen LogP contribution in [0, 0.1) is 27.4 Å². The van der Waals surface area contributed by atoms with Gasteiger partial charge in [-0.25, -0.2) is 0 Å². The monoisotopic (exact) mass is 272 g/mol. The number of piperidine rings is 1. The second kappa shape index (κ2) is 5.10. The van der Waals surface area contributed by atoms with E-state index in [-0.39, 0.29) is 5.69 Å². The lowest BCUT2D eigenvalue weighted by Gasteiger charge is -2.24. The fourth-order valence-electron chi connectivity index (χ4n) is 3.25. The minimum Gasteiger partial charge on any atom is -0.364 e. The number of nitrogens with zero attached hydrogens (tertiary/aromatic N) is 3. The van der Waals surface area contributed by atoms with Gasteiger partial charge in [-0.15, -0.1) is 0 Å². The average molecular weight is 272 g/mol. The largest absolute Gasteiger partial charge is 0.364 e. The number of nitro benzene ring substituents is 1. The van der Waals surface area contributed by atoms with Gasteiger partial charge in [0.05, 0.1) is 16.6 Å². The van der Waals surface area contributed by atoms with Crippen molar-refractivity contribution in [2.24, 2.45) is 5.92 Å². The molecular weight excluding hydrogens is 256 g/mol. The molecule has 0 radical (unpaired) electrons. The number of nitro groups is 1. The van der Waals surface area contributed by atoms with E-state index in [1.165, 1.54) is 18.9 Å². The van der Waals surface area contributed by atoms with Crippen LogP contribution in [0.2, 0.25) is 0 Å². The van der Waals surface area contributed by atoms with Gasteiger partial charge >= 0.3 is 0 Å². The van der Waals surface area contributed by atoms with Crippen LogP contribution in [0.1, 0.15) is 18.4 Å². The number of nitriles is 1. The van der Waals surface area contributed by atoms with Crippen LogP contribution in [0.25, 0.3) is 0 Å². The molecule has 2 atom stereocenters. The molecule has 20 heavy (non-hydrogen) atoms. The smallest absolute Gasteiger partial charge is 0.293 e. The van der Waals surface area contributed by atoms with E-state index in [1.54, 1.807) is 12.1 Å². The molecule has 3 rings (SSSR count). The fourth-order valence-corrected chi connectivity index (χ4v) is 3.25. The fraction of sp³-hybridized carbons (Fsp3) is 0.500. The zero-order chi connectivity index (χ0) is 14.1. The standard InChI is InChI=1S/C14H16N4O2/c15-7-10-3-4-13(14(6-10)18(19)20)17-8-11-2-1-5-16-12(11)9-17/h3-4,6,11-12,16H,1-2,5,8-9H2. The van der Waals surface area contributed by atoms with Gasteiger partial charge in [-0.3, -0.25) is 10.1 Å². The van der Waals surface area contributed by atoms with Crippen LogP contribution >= 0.6 is 0 Å². The molecule has 0 bridgehead atoms. The molecule has 0 spiro atoms. The van der Waals surface area contributed by atoms with Crippen molar-refractivity contribution in [1.29, 1.82) is 5.26 Å². The van der Waals surface area contributed by atoms with Crippen LogP contribution in [-0.4, -0.2) is 30.6 Å². The second-order valence-corrected chi connectivity index (χ2v) is 5.44. The van der Waals surface area contributed by atoms with Gasteiger partial charge in [-0.05, 0) is 37.4 Å². The Morgan fingerprint density at radius 2 is 2.30 bits per heavy atom. The summed E-state index contributed by atoms with van der Waals surface area (Å²) < 4.78 is 0. The highest BCUT2D eigenvalue weighted by atomic mass is 16.6. The van der Waals surface area contributed by atoms with Crippen LogP contribution in [0.5, 0.6) is 0 Å². The van der Waals surface area contributed by atoms with Gasteiger partial charge in [0.15, 0.2) is 0 Å². The van der Waals surface area contributed by atoms with Gasteiger partial charge in [0.25, 0.3) is 5.69 Å². The van der Waals surface area contributed by atoms with Crippen molar-refractivity contribution in [3.63, 3.8) is 0 Å². The van der Waals surface area contributed by atoms with Crippen LogP contribution < -0.4 is 10.2 Å². The quantitative estimate of drug-likeness (QED) is 0.654. The third kappa shape index (κ3) is 2.21. The minimum atomic E-state index is -0.397. The molecule has 6 nitrogen and oxygen atoms in total. The summed E-state index contributed by atoms with van der Waals surface area (Å²) in [6, 6.07) is 7.10. The van der Waals surface area contributed by atoms with E-state index in [9.17, 15) is 10.1 Å². The van der Waals surface area contributed by atoms with Gasteiger partial charge in [-0.2, -0.15) is 5.26 Å². The predicted molar refractivity (Wildman–Crippen MR) is 74.5 cm³/mol. The molecule has 0 aliphatic carbocycles. The Morgan fingerprint density at radius 1 is 1.45 bits per heavy atom. The first-order valence-electron chi connectivity index (χ1n) is 6.86. The van der Waals surface area contributed by atoms with E-state index in [0.717, 1.165) is 19.6 Å². The summed E-state index contributed by atoms with van der Waals surface area (Å²) in [4.78, 5) is 12.9. The number of fused-ring (bicyclic) bond motifs is 1. The molecule has 2 aliphatic heterocycles. The molecule has 1 aromatic carbocycles. The van der Waals surface area contributed by atoms with E-state index < -0.39 is 4.92 Å². The molecule has 1 aromatic rings. The first-order valence-corrected chi connectivity index (χ1v) is 6.86. The lowest BCUT2D eigenvalue weighted by atomic mass is 9.94.